The molecule has 1 unspecified atom stereocenters. The van der Waals surface area contributed by atoms with Gasteiger partial charge in [-0.3, -0.25) is 0 Å². The summed E-state index contributed by atoms with van der Waals surface area (Å²) < 4.78 is 12.9. The van der Waals surface area contributed by atoms with Crippen LogP contribution >= 0.6 is 23.2 Å². The van der Waals surface area contributed by atoms with E-state index in [1.807, 2.05) is 0 Å². The molecular weight excluding hydrogens is 256 g/mol. The highest BCUT2D eigenvalue weighted by Gasteiger charge is 2.13. The van der Waals surface area contributed by atoms with E-state index in [-0.39, 0.29) is 15.9 Å². The molecule has 0 aliphatic heterocycles. The summed E-state index contributed by atoms with van der Waals surface area (Å²) in [5, 5.41) is 14.4. The van der Waals surface area contributed by atoms with Crippen molar-refractivity contribution in [2.24, 2.45) is 10.9 Å². The van der Waals surface area contributed by atoms with Crippen LogP contribution in [-0.2, 0) is 0 Å². The first-order valence-electron chi connectivity index (χ1n) is 4.34. The zero-order chi connectivity index (χ0) is 12.3. The van der Waals surface area contributed by atoms with Crippen molar-refractivity contribution in [1.29, 1.82) is 0 Å². The van der Waals surface area contributed by atoms with Gasteiger partial charge >= 0.3 is 0 Å². The highest BCUT2D eigenvalue weighted by Crippen LogP contribution is 2.31. The predicted octanol–water partition coefficient (Wildman–Crippen LogP) is 2.68. The van der Waals surface area contributed by atoms with Gasteiger partial charge < -0.3 is 16.3 Å². The standard InChI is InChI=1S/C9H10Cl2FN3O/c1-4(9(13)15-16)14-8-6(10)2-5(12)3-7(8)11/h2-4,14,16H,1H3,(H2,13,15). The van der Waals surface area contributed by atoms with Crippen molar-refractivity contribution in [3.8, 4) is 0 Å². The molecule has 4 nitrogen and oxygen atoms in total. The molecule has 0 saturated carbocycles. The molecule has 0 saturated heterocycles. The molecule has 1 atom stereocenters. The first kappa shape index (κ1) is 12.9. The van der Waals surface area contributed by atoms with Gasteiger partial charge in [0.25, 0.3) is 0 Å². The van der Waals surface area contributed by atoms with Crippen molar-refractivity contribution in [3.05, 3.63) is 28.0 Å². The molecule has 7 heteroatoms. The number of nitrogens with one attached hydrogen (secondary N) is 1. The van der Waals surface area contributed by atoms with E-state index in [0.717, 1.165) is 12.1 Å². The van der Waals surface area contributed by atoms with E-state index in [0.29, 0.717) is 5.69 Å². The summed E-state index contributed by atoms with van der Waals surface area (Å²) in [5.74, 6) is -0.562. The second-order valence-corrected chi connectivity index (χ2v) is 3.95. The Balaban J connectivity index is 2.98. The van der Waals surface area contributed by atoms with Crippen molar-refractivity contribution in [1.82, 2.24) is 0 Å². The smallest absolute Gasteiger partial charge is 0.161 e. The molecule has 88 valence electrons. The van der Waals surface area contributed by atoms with E-state index in [4.69, 9.17) is 34.1 Å². The first-order chi connectivity index (χ1) is 7.45. The zero-order valence-corrected chi connectivity index (χ0v) is 9.85. The number of nitrogens with zero attached hydrogens (tertiary/aromatic N) is 1. The van der Waals surface area contributed by atoms with Gasteiger partial charge in [0.1, 0.15) is 5.82 Å². The lowest BCUT2D eigenvalue weighted by Crippen LogP contribution is -2.33. The van der Waals surface area contributed by atoms with Crippen molar-refractivity contribution in [3.63, 3.8) is 0 Å². The van der Waals surface area contributed by atoms with Crippen LogP contribution in [0.3, 0.4) is 0 Å². The summed E-state index contributed by atoms with van der Waals surface area (Å²) in [6, 6.07) is 1.76. The highest BCUT2D eigenvalue weighted by atomic mass is 35.5. The van der Waals surface area contributed by atoms with E-state index in [2.05, 4.69) is 10.5 Å². The lowest BCUT2D eigenvalue weighted by Gasteiger charge is -2.16. The van der Waals surface area contributed by atoms with Crippen LogP contribution in [-0.4, -0.2) is 17.1 Å². The van der Waals surface area contributed by atoms with Gasteiger partial charge in [0, 0.05) is 0 Å². The van der Waals surface area contributed by atoms with Gasteiger partial charge in [-0.1, -0.05) is 28.4 Å². The normalized spacial score (nSPS) is 13.6. The highest BCUT2D eigenvalue weighted by molar-refractivity contribution is 6.39. The van der Waals surface area contributed by atoms with E-state index in [1.165, 1.54) is 0 Å². The number of nitrogens with two attached hydrogens (primary N) is 1. The summed E-state index contributed by atoms with van der Waals surface area (Å²) in [7, 11) is 0. The maximum Gasteiger partial charge on any atom is 0.161 e. The molecule has 1 aromatic carbocycles. The molecule has 0 radical (unpaired) electrons. The third-order valence-electron chi connectivity index (χ3n) is 1.93. The summed E-state index contributed by atoms with van der Waals surface area (Å²) in [6.45, 7) is 1.64. The van der Waals surface area contributed by atoms with E-state index < -0.39 is 11.9 Å². The van der Waals surface area contributed by atoms with Crippen molar-refractivity contribution < 1.29 is 9.60 Å². The molecule has 0 amide bonds. The average molecular weight is 266 g/mol. The van der Waals surface area contributed by atoms with Crippen LogP contribution in [0.1, 0.15) is 6.92 Å². The average Bonchev–Trinajstić information content (AvgIpc) is 2.21. The number of oxime groups is 1. The number of anilines is 1. The Hall–Kier alpha value is -1.20. The van der Waals surface area contributed by atoms with E-state index in [1.54, 1.807) is 6.92 Å². The summed E-state index contributed by atoms with van der Waals surface area (Å²) in [6.07, 6.45) is 0. The summed E-state index contributed by atoms with van der Waals surface area (Å²) in [4.78, 5) is 0. The first-order valence-corrected chi connectivity index (χ1v) is 5.09. The Labute approximate surface area is 102 Å². The Bertz CT molecular complexity index is 402. The number of hydrogen-bond acceptors (Lipinski definition) is 3. The van der Waals surface area contributed by atoms with Crippen LogP contribution in [0.4, 0.5) is 10.1 Å². The topological polar surface area (TPSA) is 70.6 Å². The molecule has 16 heavy (non-hydrogen) atoms. The van der Waals surface area contributed by atoms with Gasteiger partial charge in [-0.2, -0.15) is 0 Å². The van der Waals surface area contributed by atoms with Gasteiger partial charge in [0.15, 0.2) is 5.84 Å². The molecule has 0 heterocycles. The Kier molecular flexibility index (Phi) is 4.20. The SMILES string of the molecule is CC(Nc1c(Cl)cc(F)cc1Cl)C(N)=NO. The number of amidine groups is 1. The fraction of sp³-hybridized carbons (Fsp3) is 0.222. The molecule has 0 spiro atoms. The zero-order valence-electron chi connectivity index (χ0n) is 8.34. The minimum Gasteiger partial charge on any atom is -0.409 e. The maximum absolute atomic E-state index is 12.9. The van der Waals surface area contributed by atoms with Crippen LogP contribution in [0, 0.1) is 5.82 Å². The van der Waals surface area contributed by atoms with E-state index >= 15 is 0 Å². The van der Waals surface area contributed by atoms with Crippen LogP contribution in [0.15, 0.2) is 17.3 Å². The van der Waals surface area contributed by atoms with Crippen LogP contribution < -0.4 is 11.1 Å². The Morgan fingerprint density at radius 3 is 2.44 bits per heavy atom. The van der Waals surface area contributed by atoms with Gasteiger partial charge in [-0.25, -0.2) is 4.39 Å². The maximum atomic E-state index is 12.9. The minimum atomic E-state index is -0.531. The molecule has 0 fully saturated rings. The molecule has 1 aromatic rings. The molecule has 4 N–H and O–H groups in total. The van der Waals surface area contributed by atoms with Crippen molar-refractivity contribution in [2.75, 3.05) is 5.32 Å². The third-order valence-corrected chi connectivity index (χ3v) is 2.52. The molecule has 0 aliphatic rings. The number of benzene rings is 1. The lowest BCUT2D eigenvalue weighted by atomic mass is 10.2. The lowest BCUT2D eigenvalue weighted by molar-refractivity contribution is 0.316. The quantitative estimate of drug-likeness (QED) is 0.341. The van der Waals surface area contributed by atoms with Crippen molar-refractivity contribution >= 4 is 34.7 Å². The van der Waals surface area contributed by atoms with E-state index in [9.17, 15) is 4.39 Å². The van der Waals surface area contributed by atoms with Gasteiger partial charge in [-0.15, -0.1) is 0 Å². The third kappa shape index (κ3) is 2.90. The fourth-order valence-corrected chi connectivity index (χ4v) is 1.63. The monoisotopic (exact) mass is 265 g/mol. The second-order valence-electron chi connectivity index (χ2n) is 3.14. The summed E-state index contributed by atoms with van der Waals surface area (Å²) >= 11 is 11.6. The van der Waals surface area contributed by atoms with Crippen LogP contribution in [0.2, 0.25) is 10.0 Å². The largest absolute Gasteiger partial charge is 0.409 e. The molecule has 0 aromatic heterocycles. The number of rotatable bonds is 3. The Morgan fingerprint density at radius 2 is 2.00 bits per heavy atom. The minimum absolute atomic E-state index is 0.0311. The molecule has 0 aliphatic carbocycles. The summed E-state index contributed by atoms with van der Waals surface area (Å²) in [5.41, 5.74) is 5.71. The van der Waals surface area contributed by atoms with Crippen LogP contribution in [0.25, 0.3) is 0 Å². The number of hydrogen-bond donors (Lipinski definition) is 3. The van der Waals surface area contributed by atoms with Gasteiger partial charge in [0.2, 0.25) is 0 Å². The molecule has 0 bridgehead atoms. The number of halogens is 3. The van der Waals surface area contributed by atoms with Crippen LogP contribution in [0.5, 0.6) is 0 Å². The second kappa shape index (κ2) is 5.23. The Morgan fingerprint density at radius 1 is 1.50 bits per heavy atom. The fourth-order valence-electron chi connectivity index (χ4n) is 1.06. The predicted molar refractivity (Wildman–Crippen MR) is 62.9 cm³/mol. The van der Waals surface area contributed by atoms with Gasteiger partial charge in [-0.05, 0) is 19.1 Å². The molecular formula is C9H10Cl2FN3O. The van der Waals surface area contributed by atoms with Gasteiger partial charge in [0.05, 0.1) is 21.8 Å². The molecule has 1 rings (SSSR count). The van der Waals surface area contributed by atoms with Crippen molar-refractivity contribution in [2.45, 2.75) is 13.0 Å².